The van der Waals surface area contributed by atoms with Crippen LogP contribution in [0.2, 0.25) is 0 Å². The summed E-state index contributed by atoms with van der Waals surface area (Å²) in [4.78, 5) is 42.3. The second-order valence-corrected chi connectivity index (χ2v) is 11.0. The Labute approximate surface area is 226 Å². The van der Waals surface area contributed by atoms with Crippen LogP contribution in [0, 0.1) is 12.8 Å². The lowest BCUT2D eigenvalue weighted by Crippen LogP contribution is -2.48. The largest absolute Gasteiger partial charge is 0.355 e. The summed E-state index contributed by atoms with van der Waals surface area (Å²) in [5.41, 5.74) is 6.21. The molecule has 0 atom stereocenters. The second kappa shape index (κ2) is 12.0. The van der Waals surface area contributed by atoms with Crippen LogP contribution >= 0.6 is 0 Å². The molecule has 2 aromatic carbocycles. The highest BCUT2D eigenvalue weighted by Crippen LogP contribution is 2.34. The lowest BCUT2D eigenvalue weighted by Gasteiger charge is -2.33. The molecule has 2 aromatic rings. The molecule has 2 heterocycles. The lowest BCUT2D eigenvalue weighted by atomic mass is 9.98. The number of benzene rings is 2. The van der Waals surface area contributed by atoms with Crippen molar-refractivity contribution in [1.29, 1.82) is 0 Å². The summed E-state index contributed by atoms with van der Waals surface area (Å²) in [7, 11) is 3.60. The molecule has 0 aliphatic carbocycles. The maximum atomic E-state index is 13.5. The van der Waals surface area contributed by atoms with Gasteiger partial charge in [0.25, 0.3) is 5.91 Å². The number of rotatable bonds is 10. The normalized spacial score (nSPS) is 14.9. The molecule has 0 unspecified atom stereocenters. The van der Waals surface area contributed by atoms with E-state index in [2.05, 4.69) is 37.4 Å². The van der Waals surface area contributed by atoms with Gasteiger partial charge < -0.3 is 15.1 Å². The topological polar surface area (TPSA) is 76.2 Å². The van der Waals surface area contributed by atoms with E-state index in [4.69, 9.17) is 0 Å². The monoisotopic (exact) mass is 519 g/mol. The summed E-state index contributed by atoms with van der Waals surface area (Å²) >= 11 is 0. The van der Waals surface area contributed by atoms with Gasteiger partial charge in [0, 0.05) is 51.5 Å². The average Bonchev–Trinajstić information content (AvgIpc) is 3.32. The lowest BCUT2D eigenvalue weighted by molar-refractivity contribution is -0.145. The fourth-order valence-corrected chi connectivity index (χ4v) is 5.27. The van der Waals surface area contributed by atoms with Gasteiger partial charge in [-0.15, -0.1) is 0 Å². The highest BCUT2D eigenvalue weighted by atomic mass is 16.2. The van der Waals surface area contributed by atoms with E-state index < -0.39 is 0 Å². The van der Waals surface area contributed by atoms with E-state index in [1.165, 1.54) is 11.1 Å². The number of amides is 3. The minimum Gasteiger partial charge on any atom is -0.355 e. The molecule has 3 amide bonds. The number of carbonyl (C=O) groups excluding carboxylic acids is 3. The third kappa shape index (κ3) is 6.35. The molecule has 8 heteroatoms. The van der Waals surface area contributed by atoms with E-state index in [0.717, 1.165) is 35.3 Å². The number of likely N-dealkylation sites (N-methyl/N-ethyl adjacent to an activating group) is 1. The molecule has 0 bridgehead atoms. The molecule has 0 saturated carbocycles. The number of hydrogen-bond acceptors (Lipinski definition) is 5. The van der Waals surface area contributed by atoms with Crippen LogP contribution < -0.4 is 15.1 Å². The van der Waals surface area contributed by atoms with E-state index in [-0.39, 0.29) is 30.8 Å². The first-order valence-electron chi connectivity index (χ1n) is 13.6. The molecule has 4 rings (SSSR count). The molecule has 0 saturated heterocycles. The van der Waals surface area contributed by atoms with E-state index >= 15 is 0 Å². The Hall–Kier alpha value is -3.39. The fourth-order valence-electron chi connectivity index (χ4n) is 5.27. The summed E-state index contributed by atoms with van der Waals surface area (Å²) in [5.74, 6) is 0.527. The van der Waals surface area contributed by atoms with Crippen LogP contribution in [-0.4, -0.2) is 61.5 Å². The Bertz CT molecular complexity index is 1170. The summed E-state index contributed by atoms with van der Waals surface area (Å²) in [5, 5.41) is 6.76. The summed E-state index contributed by atoms with van der Waals surface area (Å²) in [6.07, 6.45) is 3.10. The molecular weight excluding hydrogens is 478 g/mol. The van der Waals surface area contributed by atoms with Gasteiger partial charge >= 0.3 is 0 Å². The predicted octanol–water partition coefficient (Wildman–Crippen LogP) is 3.65. The van der Waals surface area contributed by atoms with Crippen molar-refractivity contribution in [2.75, 3.05) is 43.5 Å². The molecular formula is C30H41N5O3. The predicted molar refractivity (Wildman–Crippen MR) is 151 cm³/mol. The van der Waals surface area contributed by atoms with Gasteiger partial charge in [0.05, 0.1) is 13.1 Å². The van der Waals surface area contributed by atoms with Crippen LogP contribution in [0.4, 0.5) is 11.4 Å². The molecule has 2 aliphatic heterocycles. The summed E-state index contributed by atoms with van der Waals surface area (Å²) in [6.45, 7) is 8.50. The maximum Gasteiger partial charge on any atom is 0.256 e. The summed E-state index contributed by atoms with van der Waals surface area (Å²) < 4.78 is 0. The number of anilines is 2. The van der Waals surface area contributed by atoms with Crippen molar-refractivity contribution in [2.45, 2.75) is 59.5 Å². The number of nitrogens with zero attached hydrogens (tertiary/aromatic N) is 4. The van der Waals surface area contributed by atoms with Crippen LogP contribution in [0.3, 0.4) is 0 Å². The zero-order valence-corrected chi connectivity index (χ0v) is 23.4. The maximum absolute atomic E-state index is 13.5. The van der Waals surface area contributed by atoms with E-state index in [1.807, 2.05) is 35.0 Å². The van der Waals surface area contributed by atoms with Crippen molar-refractivity contribution in [3.63, 3.8) is 0 Å². The quantitative estimate of drug-likeness (QED) is 0.485. The molecule has 38 heavy (non-hydrogen) atoms. The van der Waals surface area contributed by atoms with Crippen molar-refractivity contribution in [2.24, 2.45) is 5.92 Å². The number of aryl methyl sites for hydroxylation is 2. The second-order valence-electron chi connectivity index (χ2n) is 11.0. The van der Waals surface area contributed by atoms with Crippen molar-refractivity contribution in [3.05, 3.63) is 58.7 Å². The molecule has 0 aromatic heterocycles. The van der Waals surface area contributed by atoms with Gasteiger partial charge in [0.15, 0.2) is 0 Å². The van der Waals surface area contributed by atoms with Crippen LogP contribution in [0.25, 0.3) is 0 Å². The number of hydrogen-bond donors (Lipinski definition) is 1. The standard InChI is InChI=1S/C30H41N5O3/c1-21(2)9-8-14-31-28(36)19-34(26-16-23-12-13-29(37)32(4)27(23)15-22(26)3)20-30(38)33(5)35-17-24-10-6-7-11-25(24)18-35/h6-7,10-11,15-16,21H,8-9,12-14,17-20H2,1-5H3,(H,31,36). The Morgan fingerprint density at radius 3 is 2.37 bits per heavy atom. The van der Waals surface area contributed by atoms with Gasteiger partial charge in [-0.05, 0) is 66.5 Å². The molecule has 8 nitrogen and oxygen atoms in total. The molecule has 1 N–H and O–H groups in total. The summed E-state index contributed by atoms with van der Waals surface area (Å²) in [6, 6.07) is 12.3. The number of nitrogens with one attached hydrogen (secondary N) is 1. The SMILES string of the molecule is Cc1cc2c(cc1N(CC(=O)NCCCC(C)C)CC(=O)N(C)N1Cc3ccccc3C1)CCC(=O)N2C. The molecule has 0 fully saturated rings. The first kappa shape index (κ1) is 27.6. The highest BCUT2D eigenvalue weighted by molar-refractivity contribution is 5.97. The zero-order valence-electron chi connectivity index (χ0n) is 23.4. The molecule has 0 radical (unpaired) electrons. The molecule has 2 aliphatic rings. The number of hydrazine groups is 1. The first-order chi connectivity index (χ1) is 18.1. The van der Waals surface area contributed by atoms with Crippen molar-refractivity contribution in [3.8, 4) is 0 Å². The Morgan fingerprint density at radius 1 is 1.03 bits per heavy atom. The smallest absolute Gasteiger partial charge is 0.256 e. The third-order valence-electron chi connectivity index (χ3n) is 7.63. The Balaban J connectivity index is 1.52. The van der Waals surface area contributed by atoms with Crippen LogP contribution in [0.1, 0.15) is 55.4 Å². The minimum atomic E-state index is -0.0952. The molecule has 0 spiro atoms. The number of carbonyl (C=O) groups is 3. The molecule has 204 valence electrons. The van der Waals surface area contributed by atoms with Gasteiger partial charge in [-0.2, -0.15) is 0 Å². The number of fused-ring (bicyclic) bond motifs is 2. The van der Waals surface area contributed by atoms with Crippen LogP contribution in [0.5, 0.6) is 0 Å². The minimum absolute atomic E-state index is 0.0742. The van der Waals surface area contributed by atoms with Gasteiger partial charge in [0.1, 0.15) is 0 Å². The van der Waals surface area contributed by atoms with Crippen molar-refractivity contribution >= 4 is 29.1 Å². The fraction of sp³-hybridized carbons (Fsp3) is 0.500. The van der Waals surface area contributed by atoms with Crippen molar-refractivity contribution < 1.29 is 14.4 Å². The highest BCUT2D eigenvalue weighted by Gasteiger charge is 2.28. The van der Waals surface area contributed by atoms with E-state index in [9.17, 15) is 14.4 Å². The van der Waals surface area contributed by atoms with Gasteiger partial charge in [0.2, 0.25) is 11.8 Å². The van der Waals surface area contributed by atoms with Gasteiger partial charge in [-0.1, -0.05) is 38.1 Å². The van der Waals surface area contributed by atoms with Gasteiger partial charge in [-0.25, -0.2) is 5.01 Å². The van der Waals surface area contributed by atoms with E-state index in [1.54, 1.807) is 24.0 Å². The third-order valence-corrected chi connectivity index (χ3v) is 7.63. The first-order valence-corrected chi connectivity index (χ1v) is 13.6. The van der Waals surface area contributed by atoms with Crippen LogP contribution in [0.15, 0.2) is 36.4 Å². The zero-order chi connectivity index (χ0) is 27.4. The Kier molecular flexibility index (Phi) is 8.72. The average molecular weight is 520 g/mol. The Morgan fingerprint density at radius 2 is 1.71 bits per heavy atom. The van der Waals surface area contributed by atoms with Crippen molar-refractivity contribution in [1.82, 2.24) is 15.3 Å². The van der Waals surface area contributed by atoms with Crippen LogP contribution in [-0.2, 0) is 33.9 Å². The van der Waals surface area contributed by atoms with Gasteiger partial charge in [-0.3, -0.25) is 19.4 Å². The van der Waals surface area contributed by atoms with E-state index in [0.29, 0.717) is 38.4 Å².